The minimum absolute atomic E-state index is 0.113. The van der Waals surface area contributed by atoms with Crippen molar-refractivity contribution in [3.8, 4) is 0 Å². The summed E-state index contributed by atoms with van der Waals surface area (Å²) in [7, 11) is 0. The summed E-state index contributed by atoms with van der Waals surface area (Å²) in [5.74, 6) is -0.215. The fourth-order valence-corrected chi connectivity index (χ4v) is 2.03. The van der Waals surface area contributed by atoms with E-state index in [0.29, 0.717) is 10.0 Å². The monoisotopic (exact) mass is 257 g/mol. The number of benzene rings is 1. The molecule has 2 N–H and O–H groups in total. The molecule has 0 amide bonds. The predicted octanol–water partition coefficient (Wildman–Crippen LogP) is 3.39. The van der Waals surface area contributed by atoms with Crippen LogP contribution in [0.15, 0.2) is 22.7 Å². The van der Waals surface area contributed by atoms with Crippen LogP contribution in [0.25, 0.3) is 0 Å². The SMILES string of the molecule is CC1(C(N)c2cccc(Br)c2F)CC1. The van der Waals surface area contributed by atoms with E-state index in [0.717, 1.165) is 12.8 Å². The molecule has 1 nitrogen and oxygen atoms in total. The van der Waals surface area contributed by atoms with Crippen molar-refractivity contribution in [2.24, 2.45) is 11.1 Å². The van der Waals surface area contributed by atoms with Crippen molar-refractivity contribution in [1.82, 2.24) is 0 Å². The summed E-state index contributed by atoms with van der Waals surface area (Å²) in [6, 6.07) is 5.11. The van der Waals surface area contributed by atoms with Gasteiger partial charge in [0.15, 0.2) is 0 Å². The zero-order valence-electron chi connectivity index (χ0n) is 8.06. The summed E-state index contributed by atoms with van der Waals surface area (Å²) in [5.41, 5.74) is 6.78. The second kappa shape index (κ2) is 3.31. The molecule has 0 aromatic heterocycles. The molecule has 3 heteroatoms. The number of halogens is 2. The topological polar surface area (TPSA) is 26.0 Å². The second-order valence-corrected chi connectivity index (χ2v) is 5.13. The van der Waals surface area contributed by atoms with Gasteiger partial charge in [0, 0.05) is 11.6 Å². The fraction of sp³-hybridized carbons (Fsp3) is 0.455. The van der Waals surface area contributed by atoms with Crippen molar-refractivity contribution in [2.75, 3.05) is 0 Å². The maximum atomic E-state index is 13.7. The summed E-state index contributed by atoms with van der Waals surface area (Å²) >= 11 is 3.17. The maximum Gasteiger partial charge on any atom is 0.142 e. The van der Waals surface area contributed by atoms with Crippen LogP contribution in [0.1, 0.15) is 31.4 Å². The highest BCUT2D eigenvalue weighted by Gasteiger charge is 2.44. The van der Waals surface area contributed by atoms with Crippen LogP contribution < -0.4 is 5.73 Å². The van der Waals surface area contributed by atoms with Crippen LogP contribution >= 0.6 is 15.9 Å². The molecular formula is C11H13BrFN. The van der Waals surface area contributed by atoms with E-state index in [-0.39, 0.29) is 17.3 Å². The predicted molar refractivity (Wildman–Crippen MR) is 58.4 cm³/mol. The van der Waals surface area contributed by atoms with E-state index in [1.807, 2.05) is 6.07 Å². The summed E-state index contributed by atoms with van der Waals surface area (Å²) < 4.78 is 14.2. The fourth-order valence-electron chi connectivity index (χ4n) is 1.64. The maximum absolute atomic E-state index is 13.7. The average molecular weight is 258 g/mol. The molecule has 0 spiro atoms. The Morgan fingerprint density at radius 1 is 1.50 bits per heavy atom. The van der Waals surface area contributed by atoms with E-state index in [4.69, 9.17) is 5.73 Å². The number of hydrogen-bond donors (Lipinski definition) is 1. The molecule has 2 rings (SSSR count). The number of rotatable bonds is 2. The lowest BCUT2D eigenvalue weighted by atomic mass is 9.92. The van der Waals surface area contributed by atoms with Crippen molar-refractivity contribution in [3.05, 3.63) is 34.1 Å². The molecule has 1 saturated carbocycles. The lowest BCUT2D eigenvalue weighted by Gasteiger charge is -2.20. The minimum atomic E-state index is -0.215. The molecule has 0 aliphatic heterocycles. The van der Waals surface area contributed by atoms with Crippen molar-refractivity contribution in [1.29, 1.82) is 0 Å². The Bertz CT molecular complexity index is 360. The Labute approximate surface area is 91.6 Å². The average Bonchev–Trinajstić information content (AvgIpc) is 2.89. The third-order valence-corrected chi connectivity index (χ3v) is 3.72. The summed E-state index contributed by atoms with van der Waals surface area (Å²) in [5, 5.41) is 0. The molecule has 0 bridgehead atoms. The van der Waals surface area contributed by atoms with Gasteiger partial charge in [-0.25, -0.2) is 4.39 Å². The first-order chi connectivity index (χ1) is 6.54. The van der Waals surface area contributed by atoms with E-state index < -0.39 is 0 Å². The van der Waals surface area contributed by atoms with Crippen LogP contribution in [-0.2, 0) is 0 Å². The zero-order valence-corrected chi connectivity index (χ0v) is 9.64. The van der Waals surface area contributed by atoms with Crippen LogP contribution in [0, 0.1) is 11.2 Å². The van der Waals surface area contributed by atoms with E-state index in [1.54, 1.807) is 12.1 Å². The Hall–Kier alpha value is -0.410. The van der Waals surface area contributed by atoms with Gasteiger partial charge in [-0.2, -0.15) is 0 Å². The Morgan fingerprint density at radius 2 is 2.14 bits per heavy atom. The minimum Gasteiger partial charge on any atom is -0.323 e. The molecule has 76 valence electrons. The highest BCUT2D eigenvalue weighted by Crippen LogP contribution is 2.53. The van der Waals surface area contributed by atoms with Crippen molar-refractivity contribution in [3.63, 3.8) is 0 Å². The van der Waals surface area contributed by atoms with Gasteiger partial charge >= 0.3 is 0 Å². The van der Waals surface area contributed by atoms with Crippen LogP contribution in [0.5, 0.6) is 0 Å². The van der Waals surface area contributed by atoms with Gasteiger partial charge in [-0.3, -0.25) is 0 Å². The first kappa shape index (κ1) is 10.1. The summed E-state index contributed by atoms with van der Waals surface area (Å²) in [6.07, 6.45) is 2.19. The molecule has 1 unspecified atom stereocenters. The van der Waals surface area contributed by atoms with Crippen LogP contribution in [0.2, 0.25) is 0 Å². The highest BCUT2D eigenvalue weighted by atomic mass is 79.9. The van der Waals surface area contributed by atoms with E-state index in [1.165, 1.54) is 0 Å². The Morgan fingerprint density at radius 3 is 2.71 bits per heavy atom. The van der Waals surface area contributed by atoms with Gasteiger partial charge in [0.25, 0.3) is 0 Å². The lowest BCUT2D eigenvalue weighted by molar-refractivity contribution is 0.431. The molecule has 0 radical (unpaired) electrons. The third kappa shape index (κ3) is 1.59. The van der Waals surface area contributed by atoms with Crippen LogP contribution in [0.3, 0.4) is 0 Å². The molecule has 0 heterocycles. The molecule has 1 aromatic rings. The quantitative estimate of drug-likeness (QED) is 0.864. The molecule has 1 aliphatic rings. The lowest BCUT2D eigenvalue weighted by Crippen LogP contribution is -2.21. The largest absolute Gasteiger partial charge is 0.323 e. The Kier molecular flexibility index (Phi) is 2.40. The molecule has 1 aromatic carbocycles. The number of nitrogens with two attached hydrogens (primary N) is 1. The van der Waals surface area contributed by atoms with Crippen molar-refractivity contribution >= 4 is 15.9 Å². The first-order valence-corrected chi connectivity index (χ1v) is 5.53. The normalized spacial score (nSPS) is 20.6. The van der Waals surface area contributed by atoms with Crippen LogP contribution in [0.4, 0.5) is 4.39 Å². The van der Waals surface area contributed by atoms with E-state index >= 15 is 0 Å². The second-order valence-electron chi connectivity index (χ2n) is 4.27. The van der Waals surface area contributed by atoms with Crippen molar-refractivity contribution < 1.29 is 4.39 Å². The first-order valence-electron chi connectivity index (χ1n) is 4.74. The van der Waals surface area contributed by atoms with Gasteiger partial charge in [0.1, 0.15) is 5.82 Å². The number of hydrogen-bond acceptors (Lipinski definition) is 1. The zero-order chi connectivity index (χ0) is 10.3. The standard InChI is InChI=1S/C11H13BrFN/c1-11(5-6-11)10(14)7-3-2-4-8(12)9(7)13/h2-4,10H,5-6,14H2,1H3. The molecule has 1 fully saturated rings. The van der Waals surface area contributed by atoms with Gasteiger partial charge in [0.05, 0.1) is 4.47 Å². The van der Waals surface area contributed by atoms with Crippen molar-refractivity contribution in [2.45, 2.75) is 25.8 Å². The summed E-state index contributed by atoms with van der Waals surface area (Å²) in [4.78, 5) is 0. The smallest absolute Gasteiger partial charge is 0.142 e. The van der Waals surface area contributed by atoms with Gasteiger partial charge in [-0.1, -0.05) is 19.1 Å². The van der Waals surface area contributed by atoms with Gasteiger partial charge in [-0.15, -0.1) is 0 Å². The van der Waals surface area contributed by atoms with Gasteiger partial charge < -0.3 is 5.73 Å². The summed E-state index contributed by atoms with van der Waals surface area (Å²) in [6.45, 7) is 2.11. The Balaban J connectivity index is 2.36. The van der Waals surface area contributed by atoms with E-state index in [9.17, 15) is 4.39 Å². The van der Waals surface area contributed by atoms with Crippen LogP contribution in [-0.4, -0.2) is 0 Å². The molecular weight excluding hydrogens is 245 g/mol. The van der Waals surface area contributed by atoms with Gasteiger partial charge in [0.2, 0.25) is 0 Å². The molecule has 0 saturated heterocycles. The third-order valence-electron chi connectivity index (χ3n) is 3.11. The van der Waals surface area contributed by atoms with E-state index in [2.05, 4.69) is 22.9 Å². The molecule has 14 heavy (non-hydrogen) atoms. The molecule has 1 atom stereocenters. The molecule has 1 aliphatic carbocycles. The highest BCUT2D eigenvalue weighted by molar-refractivity contribution is 9.10. The van der Waals surface area contributed by atoms with Gasteiger partial charge in [-0.05, 0) is 40.3 Å².